The summed E-state index contributed by atoms with van der Waals surface area (Å²) in [7, 11) is 0. The van der Waals surface area contributed by atoms with Gasteiger partial charge in [-0.05, 0) is 60.2 Å². The lowest BCUT2D eigenvalue weighted by molar-refractivity contribution is 0.102. The molecule has 3 N–H and O–H groups in total. The predicted octanol–water partition coefficient (Wildman–Crippen LogP) is 4.86. The maximum atomic E-state index is 12.3. The van der Waals surface area contributed by atoms with Crippen molar-refractivity contribution in [1.29, 1.82) is 0 Å². The van der Waals surface area contributed by atoms with E-state index in [0.29, 0.717) is 39.8 Å². The maximum Gasteiger partial charge on any atom is 0.255 e. The highest BCUT2D eigenvalue weighted by molar-refractivity contribution is 6.31. The molecule has 1 amide bonds. The van der Waals surface area contributed by atoms with E-state index in [2.05, 4.69) is 10.3 Å². The van der Waals surface area contributed by atoms with E-state index >= 15 is 0 Å². The first-order chi connectivity index (χ1) is 13.1. The highest BCUT2D eigenvalue weighted by atomic mass is 35.5. The van der Waals surface area contributed by atoms with Crippen LogP contribution in [-0.4, -0.2) is 10.9 Å². The molecular formula is C21H16ClN3O2. The molecule has 0 spiro atoms. The first-order valence-corrected chi connectivity index (χ1v) is 8.77. The average Bonchev–Trinajstić information content (AvgIpc) is 3.11. The van der Waals surface area contributed by atoms with Gasteiger partial charge in [0.05, 0.1) is 0 Å². The van der Waals surface area contributed by atoms with Gasteiger partial charge in [-0.3, -0.25) is 4.79 Å². The second-order valence-electron chi connectivity index (χ2n) is 6.06. The number of halogens is 1. The summed E-state index contributed by atoms with van der Waals surface area (Å²) >= 11 is 5.98. The van der Waals surface area contributed by atoms with Gasteiger partial charge in [0.2, 0.25) is 5.89 Å². The van der Waals surface area contributed by atoms with Crippen molar-refractivity contribution >= 4 is 34.3 Å². The number of rotatable bonds is 4. The Kier molecular flexibility index (Phi) is 4.62. The molecule has 0 aliphatic rings. The van der Waals surface area contributed by atoms with E-state index in [1.807, 2.05) is 36.4 Å². The van der Waals surface area contributed by atoms with Crippen LogP contribution in [0.1, 0.15) is 15.9 Å². The molecule has 0 radical (unpaired) electrons. The number of carbonyl (C=O) groups is 1. The Hall–Kier alpha value is -3.15. The fraction of sp³-hybridized carbons (Fsp3) is 0.0476. The van der Waals surface area contributed by atoms with Gasteiger partial charge in [0.25, 0.3) is 5.91 Å². The van der Waals surface area contributed by atoms with Gasteiger partial charge >= 0.3 is 0 Å². The summed E-state index contributed by atoms with van der Waals surface area (Å²) in [5, 5.41) is 3.48. The number of hydrogen-bond acceptors (Lipinski definition) is 4. The van der Waals surface area contributed by atoms with Crippen molar-refractivity contribution < 1.29 is 9.21 Å². The van der Waals surface area contributed by atoms with E-state index in [9.17, 15) is 4.79 Å². The predicted molar refractivity (Wildman–Crippen MR) is 107 cm³/mol. The summed E-state index contributed by atoms with van der Waals surface area (Å²) in [5.74, 6) is 0.324. The van der Waals surface area contributed by atoms with Crippen LogP contribution in [0.2, 0.25) is 5.02 Å². The molecular weight excluding hydrogens is 362 g/mol. The van der Waals surface area contributed by atoms with Gasteiger partial charge in [0, 0.05) is 28.4 Å². The standard InChI is InChI=1S/C21H16ClN3O2/c22-16-7-10-19-18(11-16)25-21(27-19)15-5-8-17(9-6-15)24-20(26)14-3-1-13(12-23)2-4-14/h1-11H,12,23H2,(H,24,26). The van der Waals surface area contributed by atoms with Gasteiger partial charge < -0.3 is 15.5 Å². The molecule has 0 bridgehead atoms. The molecule has 4 aromatic rings. The Morgan fingerprint density at radius 2 is 1.78 bits per heavy atom. The smallest absolute Gasteiger partial charge is 0.255 e. The van der Waals surface area contributed by atoms with E-state index in [0.717, 1.165) is 11.1 Å². The summed E-state index contributed by atoms with van der Waals surface area (Å²) < 4.78 is 5.75. The van der Waals surface area contributed by atoms with Crippen molar-refractivity contribution in [2.75, 3.05) is 5.32 Å². The lowest BCUT2D eigenvalue weighted by atomic mass is 10.1. The number of benzene rings is 3. The first kappa shape index (κ1) is 17.3. The number of hydrogen-bond donors (Lipinski definition) is 2. The molecule has 0 aliphatic heterocycles. The molecule has 5 nitrogen and oxygen atoms in total. The van der Waals surface area contributed by atoms with Gasteiger partial charge in [-0.15, -0.1) is 0 Å². The number of carbonyl (C=O) groups excluding carboxylic acids is 1. The van der Waals surface area contributed by atoms with Crippen molar-refractivity contribution in [1.82, 2.24) is 4.98 Å². The van der Waals surface area contributed by atoms with Gasteiger partial charge in [0.15, 0.2) is 5.58 Å². The van der Waals surface area contributed by atoms with Gasteiger partial charge in [0.1, 0.15) is 5.52 Å². The molecule has 0 unspecified atom stereocenters. The number of nitrogens with one attached hydrogen (secondary N) is 1. The van der Waals surface area contributed by atoms with Crippen molar-refractivity contribution in [3.05, 3.63) is 82.9 Å². The molecule has 1 aromatic heterocycles. The third-order valence-electron chi connectivity index (χ3n) is 4.19. The van der Waals surface area contributed by atoms with E-state index in [1.165, 1.54) is 0 Å². The molecule has 0 saturated carbocycles. The topological polar surface area (TPSA) is 81.2 Å². The summed E-state index contributed by atoms with van der Waals surface area (Å²) in [6, 6.07) is 19.8. The minimum Gasteiger partial charge on any atom is -0.436 e. The van der Waals surface area contributed by atoms with Crippen LogP contribution in [0.3, 0.4) is 0 Å². The molecule has 0 atom stereocenters. The fourth-order valence-corrected chi connectivity index (χ4v) is 2.88. The van der Waals surface area contributed by atoms with Crippen LogP contribution < -0.4 is 11.1 Å². The normalized spacial score (nSPS) is 10.9. The molecule has 3 aromatic carbocycles. The number of nitrogens with two attached hydrogens (primary N) is 1. The Labute approximate surface area is 160 Å². The molecule has 4 rings (SSSR count). The quantitative estimate of drug-likeness (QED) is 0.532. The number of aromatic nitrogens is 1. The summed E-state index contributed by atoms with van der Waals surface area (Å²) in [4.78, 5) is 16.8. The highest BCUT2D eigenvalue weighted by Gasteiger charge is 2.10. The van der Waals surface area contributed by atoms with Crippen LogP contribution in [0.15, 0.2) is 71.1 Å². The largest absolute Gasteiger partial charge is 0.436 e. The summed E-state index contributed by atoms with van der Waals surface area (Å²) in [6.07, 6.45) is 0. The molecule has 0 aliphatic carbocycles. The van der Waals surface area contributed by atoms with E-state index in [4.69, 9.17) is 21.8 Å². The van der Waals surface area contributed by atoms with Crippen LogP contribution >= 0.6 is 11.6 Å². The maximum absolute atomic E-state index is 12.3. The third-order valence-corrected chi connectivity index (χ3v) is 4.43. The Bertz CT molecular complexity index is 1100. The van der Waals surface area contributed by atoms with Crippen molar-refractivity contribution in [3.8, 4) is 11.5 Å². The van der Waals surface area contributed by atoms with Crippen LogP contribution in [0.25, 0.3) is 22.6 Å². The Balaban J connectivity index is 1.51. The van der Waals surface area contributed by atoms with E-state index in [-0.39, 0.29) is 5.91 Å². The van der Waals surface area contributed by atoms with Gasteiger partial charge in [-0.2, -0.15) is 0 Å². The monoisotopic (exact) mass is 377 g/mol. The molecule has 27 heavy (non-hydrogen) atoms. The highest BCUT2D eigenvalue weighted by Crippen LogP contribution is 2.27. The average molecular weight is 378 g/mol. The lowest BCUT2D eigenvalue weighted by Gasteiger charge is -2.06. The van der Waals surface area contributed by atoms with Crippen molar-refractivity contribution in [2.45, 2.75) is 6.54 Å². The minimum atomic E-state index is -0.178. The third kappa shape index (κ3) is 3.69. The molecule has 1 heterocycles. The zero-order valence-corrected chi connectivity index (χ0v) is 15.0. The lowest BCUT2D eigenvalue weighted by Crippen LogP contribution is -2.12. The van der Waals surface area contributed by atoms with Crippen LogP contribution in [0, 0.1) is 0 Å². The van der Waals surface area contributed by atoms with Gasteiger partial charge in [-0.1, -0.05) is 23.7 Å². The second kappa shape index (κ2) is 7.23. The Morgan fingerprint density at radius 1 is 1.04 bits per heavy atom. The second-order valence-corrected chi connectivity index (χ2v) is 6.50. The number of amides is 1. The molecule has 0 saturated heterocycles. The van der Waals surface area contributed by atoms with Crippen molar-refractivity contribution in [3.63, 3.8) is 0 Å². The minimum absolute atomic E-state index is 0.178. The zero-order valence-electron chi connectivity index (χ0n) is 14.3. The summed E-state index contributed by atoms with van der Waals surface area (Å²) in [5.41, 5.74) is 10.0. The first-order valence-electron chi connectivity index (χ1n) is 8.39. The van der Waals surface area contributed by atoms with Crippen molar-refractivity contribution in [2.24, 2.45) is 5.73 Å². The van der Waals surface area contributed by atoms with Crippen LogP contribution in [0.4, 0.5) is 5.69 Å². The number of nitrogens with zero attached hydrogens (tertiary/aromatic N) is 1. The van der Waals surface area contributed by atoms with Crippen LogP contribution in [0.5, 0.6) is 0 Å². The molecule has 0 fully saturated rings. The van der Waals surface area contributed by atoms with Crippen LogP contribution in [-0.2, 0) is 6.54 Å². The fourth-order valence-electron chi connectivity index (χ4n) is 2.72. The van der Waals surface area contributed by atoms with Gasteiger partial charge in [-0.25, -0.2) is 4.98 Å². The van der Waals surface area contributed by atoms with E-state index in [1.54, 1.807) is 30.3 Å². The molecule has 134 valence electrons. The SMILES string of the molecule is NCc1ccc(C(=O)Nc2ccc(-c3nc4cc(Cl)ccc4o3)cc2)cc1. The number of oxazole rings is 1. The number of anilines is 1. The number of fused-ring (bicyclic) bond motifs is 1. The molecule has 6 heteroatoms. The Morgan fingerprint density at radius 3 is 2.48 bits per heavy atom. The summed E-state index contributed by atoms with van der Waals surface area (Å²) in [6.45, 7) is 0.450. The zero-order chi connectivity index (χ0) is 18.8. The van der Waals surface area contributed by atoms with E-state index < -0.39 is 0 Å².